The van der Waals surface area contributed by atoms with E-state index in [4.69, 9.17) is 4.74 Å². The van der Waals surface area contributed by atoms with Gasteiger partial charge in [-0.25, -0.2) is 0 Å². The van der Waals surface area contributed by atoms with Crippen molar-refractivity contribution in [2.45, 2.75) is 18.8 Å². The lowest BCUT2D eigenvalue weighted by Crippen LogP contribution is -2.42. The van der Waals surface area contributed by atoms with Crippen molar-refractivity contribution < 1.29 is 14.3 Å². The van der Waals surface area contributed by atoms with E-state index in [-0.39, 0.29) is 11.8 Å². The Labute approximate surface area is 153 Å². The van der Waals surface area contributed by atoms with Crippen molar-refractivity contribution in [1.29, 1.82) is 0 Å². The molecule has 0 radical (unpaired) electrons. The Kier molecular flexibility index (Phi) is 3.75. The number of likely N-dealkylation sites (tertiary alicyclic amines) is 1. The molecule has 5 heteroatoms. The van der Waals surface area contributed by atoms with Gasteiger partial charge in [0, 0.05) is 31.4 Å². The van der Waals surface area contributed by atoms with Gasteiger partial charge >= 0.3 is 0 Å². The third-order valence-corrected chi connectivity index (χ3v) is 5.65. The molecule has 134 valence electrons. The summed E-state index contributed by atoms with van der Waals surface area (Å²) in [5, 5.41) is 0. The minimum atomic E-state index is -0.668. The van der Waals surface area contributed by atoms with E-state index >= 15 is 0 Å². The maximum atomic E-state index is 13.1. The zero-order valence-corrected chi connectivity index (χ0v) is 15.3. The maximum absolute atomic E-state index is 13.1. The minimum absolute atomic E-state index is 0.0197. The Morgan fingerprint density at radius 1 is 1.15 bits per heavy atom. The second-order valence-electron chi connectivity index (χ2n) is 7.17. The van der Waals surface area contributed by atoms with Gasteiger partial charge in [-0.15, -0.1) is 0 Å². The van der Waals surface area contributed by atoms with E-state index in [9.17, 15) is 9.59 Å². The van der Waals surface area contributed by atoms with E-state index in [1.165, 1.54) is 0 Å². The lowest BCUT2D eigenvalue weighted by atomic mass is 9.81. The van der Waals surface area contributed by atoms with Gasteiger partial charge in [-0.3, -0.25) is 9.59 Å². The maximum Gasteiger partial charge on any atom is 0.253 e. The fourth-order valence-electron chi connectivity index (χ4n) is 4.12. The third kappa shape index (κ3) is 2.30. The second-order valence-corrected chi connectivity index (χ2v) is 7.17. The third-order valence-electron chi connectivity index (χ3n) is 5.65. The smallest absolute Gasteiger partial charge is 0.253 e. The van der Waals surface area contributed by atoms with E-state index < -0.39 is 5.41 Å². The molecule has 2 amide bonds. The number of ether oxygens (including phenoxy) is 1. The number of rotatable bonds is 2. The largest absolute Gasteiger partial charge is 0.497 e. The molecular weight excluding hydrogens is 328 g/mol. The van der Waals surface area contributed by atoms with Crippen LogP contribution in [0, 0.1) is 6.92 Å². The highest BCUT2D eigenvalue weighted by Crippen LogP contribution is 2.48. The van der Waals surface area contributed by atoms with Gasteiger partial charge in [0.25, 0.3) is 5.91 Å². The highest BCUT2D eigenvalue weighted by molar-refractivity contribution is 6.09. The molecule has 1 saturated heterocycles. The van der Waals surface area contributed by atoms with Crippen molar-refractivity contribution in [2.24, 2.45) is 0 Å². The van der Waals surface area contributed by atoms with Crippen LogP contribution in [0.15, 0.2) is 42.5 Å². The van der Waals surface area contributed by atoms with E-state index in [1.54, 1.807) is 24.0 Å². The van der Waals surface area contributed by atoms with Gasteiger partial charge in [0.1, 0.15) is 5.75 Å². The predicted octanol–water partition coefficient (Wildman–Crippen LogP) is 2.76. The molecule has 2 heterocycles. The number of fused-ring (bicyclic) bond motifs is 2. The van der Waals surface area contributed by atoms with Crippen LogP contribution in [0.4, 0.5) is 5.69 Å². The summed E-state index contributed by atoms with van der Waals surface area (Å²) in [6, 6.07) is 13.3. The molecule has 1 unspecified atom stereocenters. The summed E-state index contributed by atoms with van der Waals surface area (Å²) in [6.45, 7) is 2.97. The number of amides is 2. The van der Waals surface area contributed by atoms with Crippen LogP contribution in [0.1, 0.15) is 27.9 Å². The van der Waals surface area contributed by atoms with Crippen molar-refractivity contribution in [3.05, 3.63) is 59.2 Å². The lowest BCUT2D eigenvalue weighted by Gasteiger charge is -2.23. The highest BCUT2D eigenvalue weighted by Gasteiger charge is 2.54. The number of carbonyl (C=O) groups is 2. The van der Waals surface area contributed by atoms with Crippen LogP contribution in [0.3, 0.4) is 0 Å². The van der Waals surface area contributed by atoms with Crippen LogP contribution in [-0.4, -0.2) is 44.0 Å². The normalized spacial score (nSPS) is 21.4. The van der Waals surface area contributed by atoms with E-state index in [0.717, 1.165) is 22.6 Å². The molecule has 0 aromatic heterocycles. The lowest BCUT2D eigenvalue weighted by molar-refractivity contribution is -0.122. The summed E-state index contributed by atoms with van der Waals surface area (Å²) in [5.74, 6) is 0.767. The molecule has 0 bridgehead atoms. The molecule has 1 atom stereocenters. The van der Waals surface area contributed by atoms with Crippen LogP contribution in [0.25, 0.3) is 0 Å². The molecule has 2 aromatic carbocycles. The zero-order chi connectivity index (χ0) is 18.5. The summed E-state index contributed by atoms with van der Waals surface area (Å²) in [6.07, 6.45) is 0.633. The Balaban J connectivity index is 1.68. The van der Waals surface area contributed by atoms with Crippen molar-refractivity contribution in [2.75, 3.05) is 32.1 Å². The van der Waals surface area contributed by atoms with Crippen molar-refractivity contribution in [1.82, 2.24) is 4.90 Å². The molecule has 2 aromatic rings. The zero-order valence-electron chi connectivity index (χ0n) is 15.3. The Bertz CT molecular complexity index is 891. The topological polar surface area (TPSA) is 49.9 Å². The quantitative estimate of drug-likeness (QED) is 0.837. The Morgan fingerprint density at radius 3 is 2.58 bits per heavy atom. The standard InChI is InChI=1S/C21H22N2O3/c1-14-4-6-15(7-5-14)19(24)23-11-10-21(13-23)17-12-16(26-3)8-9-18(17)22(2)20(21)25/h4-9,12H,10-11,13H2,1-3H3. The minimum Gasteiger partial charge on any atom is -0.497 e. The van der Waals surface area contributed by atoms with Crippen molar-refractivity contribution in [3.63, 3.8) is 0 Å². The second kappa shape index (κ2) is 5.87. The van der Waals surface area contributed by atoms with Gasteiger partial charge in [0.15, 0.2) is 0 Å². The molecule has 0 aliphatic carbocycles. The van der Waals surface area contributed by atoms with Crippen LogP contribution in [-0.2, 0) is 10.2 Å². The van der Waals surface area contributed by atoms with Crippen LogP contribution in [0.5, 0.6) is 5.75 Å². The first-order valence-electron chi connectivity index (χ1n) is 8.79. The number of methoxy groups -OCH3 is 1. The Hall–Kier alpha value is -2.82. The summed E-state index contributed by atoms with van der Waals surface area (Å²) in [7, 11) is 3.42. The monoisotopic (exact) mass is 350 g/mol. The number of anilines is 1. The number of nitrogens with zero attached hydrogens (tertiary/aromatic N) is 2. The van der Waals surface area contributed by atoms with Gasteiger partial charge in [-0.2, -0.15) is 0 Å². The number of benzene rings is 2. The van der Waals surface area contributed by atoms with Gasteiger partial charge in [0.05, 0.1) is 12.5 Å². The fraction of sp³-hybridized carbons (Fsp3) is 0.333. The van der Waals surface area contributed by atoms with Crippen LogP contribution < -0.4 is 9.64 Å². The summed E-state index contributed by atoms with van der Waals surface area (Å²) >= 11 is 0. The molecule has 2 aliphatic rings. The van der Waals surface area contributed by atoms with Crippen LogP contribution >= 0.6 is 0 Å². The number of hydrogen-bond acceptors (Lipinski definition) is 3. The van der Waals surface area contributed by atoms with E-state index in [0.29, 0.717) is 25.1 Å². The molecule has 1 spiro atoms. The first kappa shape index (κ1) is 16.6. The molecule has 5 nitrogen and oxygen atoms in total. The van der Waals surface area contributed by atoms with Crippen molar-refractivity contribution >= 4 is 17.5 Å². The van der Waals surface area contributed by atoms with Gasteiger partial charge in [-0.1, -0.05) is 17.7 Å². The average molecular weight is 350 g/mol. The highest BCUT2D eigenvalue weighted by atomic mass is 16.5. The first-order valence-corrected chi connectivity index (χ1v) is 8.79. The SMILES string of the molecule is COc1ccc2c(c1)C1(CCN(C(=O)c3ccc(C)cc3)C1)C(=O)N2C. The molecular formula is C21H22N2O3. The number of carbonyl (C=O) groups excluding carboxylic acids is 2. The average Bonchev–Trinajstić information content (AvgIpc) is 3.19. The summed E-state index contributed by atoms with van der Waals surface area (Å²) < 4.78 is 5.36. The van der Waals surface area contributed by atoms with E-state index in [2.05, 4.69) is 0 Å². The van der Waals surface area contributed by atoms with E-state index in [1.807, 2.05) is 49.4 Å². The fourth-order valence-corrected chi connectivity index (χ4v) is 4.12. The van der Waals surface area contributed by atoms with Gasteiger partial charge in [-0.05, 0) is 49.2 Å². The molecule has 2 aliphatic heterocycles. The molecule has 26 heavy (non-hydrogen) atoms. The van der Waals surface area contributed by atoms with Crippen LogP contribution in [0.2, 0.25) is 0 Å². The molecule has 0 N–H and O–H groups in total. The molecule has 4 rings (SSSR count). The number of hydrogen-bond donors (Lipinski definition) is 0. The first-order chi connectivity index (χ1) is 12.5. The summed E-state index contributed by atoms with van der Waals surface area (Å²) in [5.41, 5.74) is 2.98. The molecule has 0 saturated carbocycles. The predicted molar refractivity (Wildman–Crippen MR) is 99.8 cm³/mol. The number of aryl methyl sites for hydroxylation is 1. The van der Waals surface area contributed by atoms with Gasteiger partial charge in [0.2, 0.25) is 5.91 Å². The van der Waals surface area contributed by atoms with Gasteiger partial charge < -0.3 is 14.5 Å². The molecule has 1 fully saturated rings. The Morgan fingerprint density at radius 2 is 1.88 bits per heavy atom. The summed E-state index contributed by atoms with van der Waals surface area (Å²) in [4.78, 5) is 29.5. The van der Waals surface area contributed by atoms with Crippen molar-refractivity contribution in [3.8, 4) is 5.75 Å². The number of likely N-dealkylation sites (N-methyl/N-ethyl adjacent to an activating group) is 1.